The third-order valence-corrected chi connectivity index (χ3v) is 6.94. The summed E-state index contributed by atoms with van der Waals surface area (Å²) in [6.07, 6.45) is 5.80. The minimum atomic E-state index is -1.82. The highest BCUT2D eigenvalue weighted by atomic mass is 16.4. The third kappa shape index (κ3) is 9.55. The summed E-state index contributed by atoms with van der Waals surface area (Å²) in [5.74, 6) is -6.63. The molecule has 2 aromatic carbocycles. The van der Waals surface area contributed by atoms with Gasteiger partial charge in [-0.15, -0.1) is 0 Å². The molecule has 4 N–H and O–H groups in total. The van der Waals surface area contributed by atoms with Crippen molar-refractivity contribution in [3.63, 3.8) is 0 Å². The van der Waals surface area contributed by atoms with Crippen LogP contribution in [0.2, 0.25) is 0 Å². The molecular weight excluding hydrogens is 532 g/mol. The van der Waals surface area contributed by atoms with Gasteiger partial charge in [0.05, 0.1) is 11.9 Å². The van der Waals surface area contributed by atoms with Crippen LogP contribution in [0.1, 0.15) is 35.6 Å². The van der Waals surface area contributed by atoms with E-state index < -0.39 is 23.9 Å². The number of aromatic nitrogens is 2. The number of hydrogen-bond donors (Lipinski definition) is 4. The number of para-hydroxylation sites is 1. The molecule has 0 radical (unpaired) electrons. The maximum atomic E-state index is 9.10. The molecule has 2 heterocycles. The SMILES string of the molecule is O=C(O)C(=O)O.O=C(O)C(=O)O.c1ccc(CN2CCN(CCC3CCc4c3cnn4-c3ccccc3)CC2)cc1. The van der Waals surface area contributed by atoms with Crippen LogP contribution in [0.3, 0.4) is 0 Å². The monoisotopic (exact) mass is 566 g/mol. The Bertz CT molecular complexity index is 1260. The fourth-order valence-corrected chi connectivity index (χ4v) is 4.89. The van der Waals surface area contributed by atoms with E-state index in [4.69, 9.17) is 44.7 Å². The Hall–Kier alpha value is -4.55. The molecule has 218 valence electrons. The number of benzene rings is 2. The molecule has 1 aliphatic carbocycles. The van der Waals surface area contributed by atoms with E-state index in [1.165, 1.54) is 68.1 Å². The summed E-state index contributed by atoms with van der Waals surface area (Å²) in [5.41, 5.74) is 5.52. The van der Waals surface area contributed by atoms with Gasteiger partial charge in [0.2, 0.25) is 0 Å². The maximum absolute atomic E-state index is 9.10. The molecule has 12 nitrogen and oxygen atoms in total. The molecule has 1 fully saturated rings. The number of carboxylic acid groups (broad SMARTS) is 4. The van der Waals surface area contributed by atoms with E-state index in [-0.39, 0.29) is 0 Å². The number of hydrogen-bond acceptors (Lipinski definition) is 7. The van der Waals surface area contributed by atoms with Crippen molar-refractivity contribution in [3.05, 3.63) is 83.7 Å². The normalized spacial score (nSPS) is 16.3. The molecule has 41 heavy (non-hydrogen) atoms. The van der Waals surface area contributed by atoms with Gasteiger partial charge in [0.15, 0.2) is 0 Å². The van der Waals surface area contributed by atoms with Crippen LogP contribution >= 0.6 is 0 Å². The van der Waals surface area contributed by atoms with Crippen LogP contribution in [0.5, 0.6) is 0 Å². The highest BCUT2D eigenvalue weighted by Crippen LogP contribution is 2.36. The fraction of sp³-hybridized carbons (Fsp3) is 0.345. The zero-order valence-electron chi connectivity index (χ0n) is 22.5. The van der Waals surface area contributed by atoms with E-state index in [0.717, 1.165) is 13.0 Å². The highest BCUT2D eigenvalue weighted by Gasteiger charge is 2.28. The molecule has 0 saturated carbocycles. The van der Waals surface area contributed by atoms with Gasteiger partial charge < -0.3 is 25.3 Å². The van der Waals surface area contributed by atoms with Crippen molar-refractivity contribution >= 4 is 23.9 Å². The summed E-state index contributed by atoms with van der Waals surface area (Å²) in [6.45, 7) is 7.03. The smallest absolute Gasteiger partial charge is 0.414 e. The maximum Gasteiger partial charge on any atom is 0.414 e. The van der Waals surface area contributed by atoms with E-state index in [1.54, 1.807) is 0 Å². The number of rotatable bonds is 6. The van der Waals surface area contributed by atoms with Gasteiger partial charge in [-0.2, -0.15) is 5.10 Å². The molecule has 1 aromatic heterocycles. The van der Waals surface area contributed by atoms with Crippen molar-refractivity contribution in [2.24, 2.45) is 0 Å². The summed E-state index contributed by atoms with van der Waals surface area (Å²) < 4.78 is 2.15. The van der Waals surface area contributed by atoms with Crippen molar-refractivity contribution in [2.75, 3.05) is 32.7 Å². The number of fused-ring (bicyclic) bond motifs is 1. The summed E-state index contributed by atoms with van der Waals surface area (Å²) >= 11 is 0. The first-order valence-electron chi connectivity index (χ1n) is 13.2. The van der Waals surface area contributed by atoms with Crippen molar-refractivity contribution < 1.29 is 39.6 Å². The van der Waals surface area contributed by atoms with E-state index in [9.17, 15) is 0 Å². The topological polar surface area (TPSA) is 174 Å². The molecule has 0 spiro atoms. The van der Waals surface area contributed by atoms with Gasteiger partial charge in [-0.25, -0.2) is 23.9 Å². The quantitative estimate of drug-likeness (QED) is 0.323. The Morgan fingerprint density at radius 1 is 0.732 bits per heavy atom. The van der Waals surface area contributed by atoms with Crippen molar-refractivity contribution in [1.82, 2.24) is 19.6 Å². The lowest BCUT2D eigenvalue weighted by molar-refractivity contribution is -0.159. The van der Waals surface area contributed by atoms with E-state index >= 15 is 0 Å². The van der Waals surface area contributed by atoms with Gasteiger partial charge in [0.25, 0.3) is 0 Å². The first-order chi connectivity index (χ1) is 19.7. The molecule has 1 saturated heterocycles. The number of carbonyl (C=O) groups is 4. The van der Waals surface area contributed by atoms with Crippen molar-refractivity contribution in [3.8, 4) is 5.69 Å². The Morgan fingerprint density at radius 3 is 1.78 bits per heavy atom. The second-order valence-corrected chi connectivity index (χ2v) is 9.64. The molecule has 0 amide bonds. The number of nitrogens with zero attached hydrogens (tertiary/aromatic N) is 4. The Balaban J connectivity index is 0.000000326. The summed E-state index contributed by atoms with van der Waals surface area (Å²) in [4.78, 5) is 41.6. The second kappa shape index (κ2) is 15.3. The zero-order valence-corrected chi connectivity index (χ0v) is 22.5. The Labute approximate surface area is 237 Å². The lowest BCUT2D eigenvalue weighted by Crippen LogP contribution is -2.46. The van der Waals surface area contributed by atoms with Crippen LogP contribution in [-0.4, -0.2) is 96.6 Å². The van der Waals surface area contributed by atoms with Crippen LogP contribution in [0.4, 0.5) is 0 Å². The minimum Gasteiger partial charge on any atom is -0.473 e. The average Bonchev–Trinajstić information content (AvgIpc) is 3.57. The first-order valence-corrected chi connectivity index (χ1v) is 13.2. The molecule has 3 aromatic rings. The summed E-state index contributed by atoms with van der Waals surface area (Å²) in [6, 6.07) is 21.4. The second-order valence-electron chi connectivity index (χ2n) is 9.64. The van der Waals surface area contributed by atoms with Gasteiger partial charge >= 0.3 is 23.9 Å². The summed E-state index contributed by atoms with van der Waals surface area (Å²) in [5, 5.41) is 34.3. The van der Waals surface area contributed by atoms with Crippen LogP contribution in [0.15, 0.2) is 66.9 Å². The molecule has 1 aliphatic heterocycles. The molecule has 0 bridgehead atoms. The Morgan fingerprint density at radius 2 is 1.24 bits per heavy atom. The predicted molar refractivity (Wildman–Crippen MR) is 148 cm³/mol. The molecule has 1 atom stereocenters. The van der Waals surface area contributed by atoms with Gasteiger partial charge in [-0.05, 0) is 55.0 Å². The zero-order chi connectivity index (χ0) is 29.8. The Kier molecular flexibility index (Phi) is 11.6. The molecule has 2 aliphatic rings. The average molecular weight is 567 g/mol. The standard InChI is InChI=1S/C25H30N4.2C2H2O4/c1-3-7-21(8-4-1)20-28-17-15-27(16-18-28)14-13-22-11-12-25-24(22)19-26-29(25)23-9-5-2-6-10-23;2*3-1(4)2(5)6/h1-10,19,22H,11-18,20H2;2*(H,3,4)(H,5,6). The molecular formula is C29H34N4O8. The summed E-state index contributed by atoms with van der Waals surface area (Å²) in [7, 11) is 0. The van der Waals surface area contributed by atoms with Gasteiger partial charge in [0.1, 0.15) is 0 Å². The van der Waals surface area contributed by atoms with Gasteiger partial charge in [-0.1, -0.05) is 48.5 Å². The van der Waals surface area contributed by atoms with E-state index in [1.807, 2.05) is 0 Å². The van der Waals surface area contributed by atoms with Crippen LogP contribution < -0.4 is 0 Å². The first kappa shape index (κ1) is 31.0. The molecule has 5 rings (SSSR count). The fourth-order valence-electron chi connectivity index (χ4n) is 4.89. The van der Waals surface area contributed by atoms with E-state index in [2.05, 4.69) is 81.3 Å². The van der Waals surface area contributed by atoms with E-state index in [0.29, 0.717) is 5.92 Å². The number of piperazine rings is 1. The lowest BCUT2D eigenvalue weighted by Gasteiger charge is -2.35. The minimum absolute atomic E-state index is 0.671. The molecule has 12 heteroatoms. The molecule has 1 unspecified atom stereocenters. The highest BCUT2D eigenvalue weighted by molar-refractivity contribution is 6.27. The predicted octanol–water partition coefficient (Wildman–Crippen LogP) is 2.42. The van der Waals surface area contributed by atoms with Crippen molar-refractivity contribution in [2.45, 2.75) is 31.7 Å². The largest absolute Gasteiger partial charge is 0.473 e. The van der Waals surface area contributed by atoms with Gasteiger partial charge in [-0.3, -0.25) is 4.90 Å². The number of carboxylic acids is 4. The van der Waals surface area contributed by atoms with Crippen molar-refractivity contribution in [1.29, 1.82) is 0 Å². The van der Waals surface area contributed by atoms with Crippen LogP contribution in [0, 0.1) is 0 Å². The number of aliphatic carboxylic acids is 4. The third-order valence-electron chi connectivity index (χ3n) is 6.94. The lowest BCUT2D eigenvalue weighted by atomic mass is 10.00. The van der Waals surface area contributed by atoms with Crippen LogP contribution in [-0.2, 0) is 32.1 Å². The van der Waals surface area contributed by atoms with Gasteiger partial charge in [0, 0.05) is 38.4 Å². The van der Waals surface area contributed by atoms with Crippen LogP contribution in [0.25, 0.3) is 5.69 Å².